The molecule has 0 bridgehead atoms. The Hall–Kier alpha value is -1.10. The van der Waals surface area contributed by atoms with Gasteiger partial charge in [-0.25, -0.2) is 0 Å². The van der Waals surface area contributed by atoms with Gasteiger partial charge in [-0.2, -0.15) is 0 Å². The Kier molecular flexibility index (Phi) is 4.16. The molecule has 4 heteroatoms. The van der Waals surface area contributed by atoms with Crippen LogP contribution in [0.25, 0.3) is 0 Å². The zero-order chi connectivity index (χ0) is 11.2. The second-order valence-corrected chi connectivity index (χ2v) is 3.85. The number of aliphatic hydroxyl groups is 1. The number of nitrogens with one attached hydrogen (secondary N) is 2. The Morgan fingerprint density at radius 2 is 2.06 bits per heavy atom. The van der Waals surface area contributed by atoms with Gasteiger partial charge in [-0.3, -0.25) is 0 Å². The van der Waals surface area contributed by atoms with Crippen LogP contribution in [-0.2, 0) is 0 Å². The molecule has 1 heterocycles. The lowest BCUT2D eigenvalue weighted by atomic mass is 10.1. The molecule has 0 saturated carbocycles. The molecule has 1 aromatic rings. The van der Waals surface area contributed by atoms with E-state index in [1.165, 1.54) is 5.56 Å². The van der Waals surface area contributed by atoms with Crippen LogP contribution in [0.4, 0.5) is 0 Å². The van der Waals surface area contributed by atoms with Gasteiger partial charge in [0.05, 0.1) is 6.61 Å². The molecule has 1 unspecified atom stereocenters. The lowest BCUT2D eigenvalue weighted by Crippen LogP contribution is -2.42. The van der Waals surface area contributed by atoms with E-state index in [0.717, 1.165) is 25.4 Å². The van der Waals surface area contributed by atoms with Gasteiger partial charge >= 0.3 is 0 Å². The molecule has 1 aliphatic heterocycles. The van der Waals surface area contributed by atoms with Crippen molar-refractivity contribution in [1.29, 1.82) is 0 Å². The van der Waals surface area contributed by atoms with Gasteiger partial charge in [-0.05, 0) is 17.7 Å². The number of piperazine rings is 1. The van der Waals surface area contributed by atoms with Gasteiger partial charge in [0.25, 0.3) is 0 Å². The normalized spacial score (nSPS) is 20.7. The Labute approximate surface area is 95.6 Å². The summed E-state index contributed by atoms with van der Waals surface area (Å²) in [5.74, 6) is 0.807. The number of hydrogen-bond acceptors (Lipinski definition) is 4. The Bertz CT molecular complexity index is 307. The molecular formula is C12H18N2O2. The third-order valence-corrected chi connectivity index (χ3v) is 2.68. The van der Waals surface area contributed by atoms with E-state index in [1.54, 1.807) is 0 Å². The summed E-state index contributed by atoms with van der Waals surface area (Å²) in [4.78, 5) is 0. The minimum atomic E-state index is 0.0514. The fraction of sp³-hybridized carbons (Fsp3) is 0.500. The summed E-state index contributed by atoms with van der Waals surface area (Å²) in [6, 6.07) is 8.41. The van der Waals surface area contributed by atoms with Gasteiger partial charge in [0.1, 0.15) is 12.4 Å². The van der Waals surface area contributed by atoms with Gasteiger partial charge in [0, 0.05) is 25.7 Å². The average Bonchev–Trinajstić information content (AvgIpc) is 2.38. The van der Waals surface area contributed by atoms with E-state index in [-0.39, 0.29) is 6.61 Å². The predicted octanol–water partition coefficient (Wildman–Crippen LogP) is 0.292. The fourth-order valence-electron chi connectivity index (χ4n) is 1.85. The molecule has 1 aromatic carbocycles. The van der Waals surface area contributed by atoms with E-state index in [1.807, 2.05) is 12.1 Å². The maximum atomic E-state index is 8.64. The molecule has 88 valence electrons. The van der Waals surface area contributed by atoms with Crippen LogP contribution in [-0.4, -0.2) is 38.0 Å². The van der Waals surface area contributed by atoms with Gasteiger partial charge in [0.15, 0.2) is 0 Å². The topological polar surface area (TPSA) is 53.5 Å². The van der Waals surface area contributed by atoms with E-state index in [9.17, 15) is 0 Å². The second kappa shape index (κ2) is 5.84. The van der Waals surface area contributed by atoms with Crippen molar-refractivity contribution >= 4 is 0 Å². The van der Waals surface area contributed by atoms with E-state index in [4.69, 9.17) is 9.84 Å². The summed E-state index contributed by atoms with van der Waals surface area (Å²) < 4.78 is 5.31. The summed E-state index contributed by atoms with van der Waals surface area (Å²) in [6.45, 7) is 3.41. The number of ether oxygens (including phenoxy) is 1. The predicted molar refractivity (Wildman–Crippen MR) is 62.6 cm³/mol. The molecule has 16 heavy (non-hydrogen) atoms. The molecule has 0 spiro atoms. The van der Waals surface area contributed by atoms with Crippen LogP contribution in [0.5, 0.6) is 5.75 Å². The molecule has 1 aliphatic rings. The van der Waals surface area contributed by atoms with Crippen LogP contribution in [0.3, 0.4) is 0 Å². The Morgan fingerprint density at radius 1 is 1.25 bits per heavy atom. The van der Waals surface area contributed by atoms with Crippen molar-refractivity contribution in [2.24, 2.45) is 0 Å². The molecule has 0 aromatic heterocycles. The lowest BCUT2D eigenvalue weighted by molar-refractivity contribution is 0.201. The monoisotopic (exact) mass is 222 g/mol. The highest BCUT2D eigenvalue weighted by Crippen LogP contribution is 2.18. The molecule has 4 nitrogen and oxygen atoms in total. The number of aliphatic hydroxyl groups excluding tert-OH is 1. The first kappa shape index (κ1) is 11.4. The van der Waals surface area contributed by atoms with E-state index < -0.39 is 0 Å². The molecule has 1 fully saturated rings. The van der Waals surface area contributed by atoms with Crippen molar-refractivity contribution in [3.8, 4) is 5.75 Å². The lowest BCUT2D eigenvalue weighted by Gasteiger charge is -2.24. The zero-order valence-corrected chi connectivity index (χ0v) is 9.28. The zero-order valence-electron chi connectivity index (χ0n) is 9.28. The van der Waals surface area contributed by atoms with Crippen molar-refractivity contribution in [3.63, 3.8) is 0 Å². The number of hydrogen-bond donors (Lipinski definition) is 3. The summed E-state index contributed by atoms with van der Waals surface area (Å²) in [6.07, 6.45) is 0. The third-order valence-electron chi connectivity index (χ3n) is 2.68. The Balaban J connectivity index is 1.95. The van der Waals surface area contributed by atoms with Crippen LogP contribution in [0.2, 0.25) is 0 Å². The fourth-order valence-corrected chi connectivity index (χ4v) is 1.85. The first-order valence-corrected chi connectivity index (χ1v) is 5.68. The maximum Gasteiger partial charge on any atom is 0.119 e. The number of rotatable bonds is 4. The first-order chi connectivity index (χ1) is 7.90. The molecule has 1 saturated heterocycles. The average molecular weight is 222 g/mol. The van der Waals surface area contributed by atoms with Crippen LogP contribution >= 0.6 is 0 Å². The van der Waals surface area contributed by atoms with E-state index in [2.05, 4.69) is 22.8 Å². The van der Waals surface area contributed by atoms with Gasteiger partial charge in [0.2, 0.25) is 0 Å². The van der Waals surface area contributed by atoms with Crippen LogP contribution in [0.1, 0.15) is 11.6 Å². The summed E-state index contributed by atoms with van der Waals surface area (Å²) in [5, 5.41) is 15.5. The van der Waals surface area contributed by atoms with Crippen molar-refractivity contribution in [2.45, 2.75) is 6.04 Å². The first-order valence-electron chi connectivity index (χ1n) is 5.68. The molecule has 0 aliphatic carbocycles. The van der Waals surface area contributed by atoms with E-state index in [0.29, 0.717) is 12.6 Å². The molecule has 0 amide bonds. The standard InChI is InChI=1S/C12H18N2O2/c15-7-8-16-11-3-1-10(2-4-11)12-9-13-5-6-14-12/h1-4,12-15H,5-9H2. The summed E-state index contributed by atoms with van der Waals surface area (Å²) in [7, 11) is 0. The van der Waals surface area contributed by atoms with Crippen molar-refractivity contribution in [3.05, 3.63) is 29.8 Å². The highest BCUT2D eigenvalue weighted by molar-refractivity contribution is 5.29. The number of benzene rings is 1. The summed E-state index contributed by atoms with van der Waals surface area (Å²) in [5.41, 5.74) is 1.27. The molecule has 0 radical (unpaired) electrons. The van der Waals surface area contributed by atoms with E-state index >= 15 is 0 Å². The SMILES string of the molecule is OCCOc1ccc(C2CNCCN2)cc1. The maximum absolute atomic E-state index is 8.64. The molecule has 3 N–H and O–H groups in total. The highest BCUT2D eigenvalue weighted by Gasteiger charge is 2.13. The minimum absolute atomic E-state index is 0.0514. The van der Waals surface area contributed by atoms with Gasteiger partial charge < -0.3 is 20.5 Å². The van der Waals surface area contributed by atoms with Crippen LogP contribution in [0.15, 0.2) is 24.3 Å². The molecule has 2 rings (SSSR count). The molecule has 1 atom stereocenters. The smallest absolute Gasteiger partial charge is 0.119 e. The largest absolute Gasteiger partial charge is 0.491 e. The molecular weight excluding hydrogens is 204 g/mol. The second-order valence-electron chi connectivity index (χ2n) is 3.85. The van der Waals surface area contributed by atoms with Gasteiger partial charge in [-0.15, -0.1) is 0 Å². The van der Waals surface area contributed by atoms with Crippen molar-refractivity contribution in [2.75, 3.05) is 32.8 Å². The summed E-state index contributed by atoms with van der Waals surface area (Å²) >= 11 is 0. The van der Waals surface area contributed by atoms with Crippen LogP contribution in [0, 0.1) is 0 Å². The van der Waals surface area contributed by atoms with Crippen LogP contribution < -0.4 is 15.4 Å². The van der Waals surface area contributed by atoms with Crippen molar-refractivity contribution < 1.29 is 9.84 Å². The van der Waals surface area contributed by atoms with Crippen molar-refractivity contribution in [1.82, 2.24) is 10.6 Å². The third kappa shape index (κ3) is 2.95. The highest BCUT2D eigenvalue weighted by atomic mass is 16.5. The van der Waals surface area contributed by atoms with Gasteiger partial charge in [-0.1, -0.05) is 12.1 Å². The quantitative estimate of drug-likeness (QED) is 0.685. The minimum Gasteiger partial charge on any atom is -0.491 e. The Morgan fingerprint density at radius 3 is 2.69 bits per heavy atom.